The number of likely N-dealkylation sites (tertiary alicyclic amines) is 2. The summed E-state index contributed by atoms with van der Waals surface area (Å²) in [6.45, 7) is 6.35. The maximum Gasteiger partial charge on any atom is 0.266 e. The van der Waals surface area contributed by atoms with Crippen LogP contribution in [0.4, 0.5) is 8.78 Å². The third kappa shape index (κ3) is 4.31. The second-order valence-corrected chi connectivity index (χ2v) is 9.89. The number of rotatable bonds is 4. The molecule has 8 heteroatoms. The summed E-state index contributed by atoms with van der Waals surface area (Å²) in [6, 6.07) is 1.10. The van der Waals surface area contributed by atoms with E-state index in [1.165, 1.54) is 19.3 Å². The predicted molar refractivity (Wildman–Crippen MR) is 111 cm³/mol. The number of piperazine rings is 1. The van der Waals surface area contributed by atoms with E-state index in [0.29, 0.717) is 25.0 Å². The molecule has 1 N–H and O–H groups in total. The van der Waals surface area contributed by atoms with E-state index in [4.69, 9.17) is 0 Å². The molecule has 1 amide bonds. The summed E-state index contributed by atoms with van der Waals surface area (Å²) in [7, 11) is 0. The average molecular weight is 424 g/mol. The number of amides is 1. The number of fused-ring (bicyclic) bond motifs is 1. The van der Waals surface area contributed by atoms with E-state index in [9.17, 15) is 13.6 Å². The predicted octanol–water partition coefficient (Wildman–Crippen LogP) is 1.55. The van der Waals surface area contributed by atoms with Crippen molar-refractivity contribution >= 4 is 5.91 Å². The largest absolute Gasteiger partial charge is 0.369 e. The molecule has 6 nitrogen and oxygen atoms in total. The van der Waals surface area contributed by atoms with Crippen LogP contribution in [0.1, 0.15) is 38.5 Å². The molecule has 4 aliphatic heterocycles. The van der Waals surface area contributed by atoms with Gasteiger partial charge >= 0.3 is 0 Å². The molecule has 1 saturated carbocycles. The zero-order valence-corrected chi connectivity index (χ0v) is 17.9. The molecule has 2 atom stereocenters. The standard InChI is InChI=1S/C22H35F2N5O/c23-22(24)7-9-29(16-22)20-5-4-17-14-26(8-6-19(17)25-20)15-21(30)28-12-10-27(11-13-28)18-2-1-3-18/h5,17-19,25H,1-4,6-16H2. The first kappa shape index (κ1) is 20.5. The quantitative estimate of drug-likeness (QED) is 0.743. The van der Waals surface area contributed by atoms with Crippen LogP contribution in [0.3, 0.4) is 0 Å². The van der Waals surface area contributed by atoms with Gasteiger partial charge < -0.3 is 15.1 Å². The van der Waals surface area contributed by atoms with Crippen LogP contribution in [-0.2, 0) is 4.79 Å². The summed E-state index contributed by atoms with van der Waals surface area (Å²) >= 11 is 0. The number of carbonyl (C=O) groups is 1. The summed E-state index contributed by atoms with van der Waals surface area (Å²) in [5.74, 6) is -0.955. The first-order valence-electron chi connectivity index (χ1n) is 11.8. The van der Waals surface area contributed by atoms with Crippen molar-refractivity contribution in [2.24, 2.45) is 5.92 Å². The molecule has 5 aliphatic rings. The van der Waals surface area contributed by atoms with Gasteiger partial charge in [0.15, 0.2) is 0 Å². The van der Waals surface area contributed by atoms with Crippen molar-refractivity contribution in [3.8, 4) is 0 Å². The first-order chi connectivity index (χ1) is 14.5. The van der Waals surface area contributed by atoms with Gasteiger partial charge in [0.1, 0.15) is 0 Å². The van der Waals surface area contributed by atoms with E-state index in [1.807, 2.05) is 4.90 Å². The second-order valence-electron chi connectivity index (χ2n) is 9.89. The minimum absolute atomic E-state index is 0.0507. The van der Waals surface area contributed by atoms with E-state index in [1.54, 1.807) is 4.90 Å². The Morgan fingerprint density at radius 2 is 1.90 bits per heavy atom. The summed E-state index contributed by atoms with van der Waals surface area (Å²) in [5, 5.41) is 3.52. The minimum Gasteiger partial charge on any atom is -0.369 e. The fourth-order valence-corrected chi connectivity index (χ4v) is 5.73. The van der Waals surface area contributed by atoms with Gasteiger partial charge in [-0.1, -0.05) is 6.42 Å². The lowest BCUT2D eigenvalue weighted by atomic mass is 9.87. The molecule has 0 aromatic heterocycles. The molecule has 5 rings (SSSR count). The molecular weight excluding hydrogens is 388 g/mol. The van der Waals surface area contributed by atoms with Gasteiger partial charge in [-0.15, -0.1) is 0 Å². The van der Waals surface area contributed by atoms with Crippen LogP contribution in [-0.4, -0.2) is 102 Å². The van der Waals surface area contributed by atoms with E-state index in [-0.39, 0.29) is 18.9 Å². The van der Waals surface area contributed by atoms with Gasteiger partial charge in [0.05, 0.1) is 18.9 Å². The van der Waals surface area contributed by atoms with E-state index >= 15 is 0 Å². The molecule has 30 heavy (non-hydrogen) atoms. The van der Waals surface area contributed by atoms with Crippen molar-refractivity contribution in [3.05, 3.63) is 11.9 Å². The zero-order valence-electron chi connectivity index (χ0n) is 17.9. The molecule has 0 radical (unpaired) electrons. The lowest BCUT2D eigenvalue weighted by Crippen LogP contribution is -2.57. The third-order valence-electron chi connectivity index (χ3n) is 7.89. The van der Waals surface area contributed by atoms with Crippen molar-refractivity contribution in [1.29, 1.82) is 0 Å². The zero-order chi connectivity index (χ0) is 20.7. The van der Waals surface area contributed by atoms with E-state index in [0.717, 1.165) is 64.0 Å². The molecule has 2 unspecified atom stereocenters. The number of nitrogens with zero attached hydrogens (tertiary/aromatic N) is 4. The Morgan fingerprint density at radius 1 is 1.10 bits per heavy atom. The van der Waals surface area contributed by atoms with Crippen molar-refractivity contribution in [2.75, 3.05) is 58.9 Å². The maximum atomic E-state index is 13.5. The average Bonchev–Trinajstić information content (AvgIpc) is 3.06. The van der Waals surface area contributed by atoms with Gasteiger partial charge in [0, 0.05) is 64.3 Å². The smallest absolute Gasteiger partial charge is 0.266 e. The van der Waals surface area contributed by atoms with Crippen LogP contribution in [0.2, 0.25) is 0 Å². The Kier molecular flexibility index (Phi) is 5.64. The Morgan fingerprint density at radius 3 is 2.57 bits per heavy atom. The Bertz CT molecular complexity index is 674. The van der Waals surface area contributed by atoms with Crippen LogP contribution >= 0.6 is 0 Å². The number of allylic oxidation sites excluding steroid dienone is 1. The summed E-state index contributed by atoms with van der Waals surface area (Å²) in [5.41, 5.74) is 0. The number of hydrogen-bond donors (Lipinski definition) is 1. The van der Waals surface area contributed by atoms with Gasteiger partial charge in [0.2, 0.25) is 5.91 Å². The van der Waals surface area contributed by atoms with Crippen LogP contribution < -0.4 is 5.32 Å². The summed E-state index contributed by atoms with van der Waals surface area (Å²) < 4.78 is 27.1. The highest BCUT2D eigenvalue weighted by Crippen LogP contribution is 2.32. The summed E-state index contributed by atoms with van der Waals surface area (Å²) in [6.07, 6.45) is 7.92. The van der Waals surface area contributed by atoms with Crippen LogP contribution in [0.25, 0.3) is 0 Å². The maximum absolute atomic E-state index is 13.5. The Hall–Kier alpha value is -1.41. The molecule has 0 aromatic rings. The second kappa shape index (κ2) is 8.26. The number of piperidine rings is 1. The normalized spacial score (nSPS) is 32.9. The number of carbonyl (C=O) groups excluding carboxylic acids is 1. The van der Waals surface area contributed by atoms with Crippen molar-refractivity contribution in [2.45, 2.75) is 56.5 Å². The fourth-order valence-electron chi connectivity index (χ4n) is 5.73. The van der Waals surface area contributed by atoms with Gasteiger partial charge in [0.25, 0.3) is 5.92 Å². The molecular formula is C22H35F2N5O. The Labute approximate surface area is 178 Å². The van der Waals surface area contributed by atoms with Crippen molar-refractivity contribution < 1.29 is 13.6 Å². The highest BCUT2D eigenvalue weighted by atomic mass is 19.3. The molecule has 0 spiro atoms. The fraction of sp³-hybridized carbons (Fsp3) is 0.864. The monoisotopic (exact) mass is 423 g/mol. The molecule has 0 aromatic carbocycles. The molecule has 168 valence electrons. The van der Waals surface area contributed by atoms with E-state index < -0.39 is 5.92 Å². The first-order valence-corrected chi connectivity index (χ1v) is 11.8. The molecule has 1 aliphatic carbocycles. The SMILES string of the molecule is O=C(CN1CCC2NC(N3CCC(F)(F)C3)=CCC2C1)N1CCN(C2CCC2)CC1. The van der Waals surface area contributed by atoms with Crippen molar-refractivity contribution in [1.82, 2.24) is 24.9 Å². The van der Waals surface area contributed by atoms with Crippen LogP contribution in [0, 0.1) is 5.92 Å². The topological polar surface area (TPSA) is 42.1 Å². The lowest BCUT2D eigenvalue weighted by Gasteiger charge is -2.45. The van der Waals surface area contributed by atoms with Gasteiger partial charge in [-0.25, -0.2) is 8.78 Å². The highest BCUT2D eigenvalue weighted by Gasteiger charge is 2.41. The van der Waals surface area contributed by atoms with Gasteiger partial charge in [-0.05, 0) is 37.7 Å². The van der Waals surface area contributed by atoms with Gasteiger partial charge in [-0.2, -0.15) is 0 Å². The van der Waals surface area contributed by atoms with Gasteiger partial charge in [-0.3, -0.25) is 14.6 Å². The van der Waals surface area contributed by atoms with E-state index in [2.05, 4.69) is 21.2 Å². The number of alkyl halides is 2. The molecule has 0 bridgehead atoms. The van der Waals surface area contributed by atoms with Crippen molar-refractivity contribution in [3.63, 3.8) is 0 Å². The third-order valence-corrected chi connectivity index (χ3v) is 7.89. The molecule has 4 heterocycles. The molecule has 4 fully saturated rings. The molecule has 3 saturated heterocycles. The number of nitrogens with one attached hydrogen (secondary N) is 1. The van der Waals surface area contributed by atoms with Crippen LogP contribution in [0.15, 0.2) is 11.9 Å². The number of hydrogen-bond acceptors (Lipinski definition) is 5. The minimum atomic E-state index is -2.56. The summed E-state index contributed by atoms with van der Waals surface area (Å²) in [4.78, 5) is 21.5. The Balaban J connectivity index is 1.08. The van der Waals surface area contributed by atoms with Crippen LogP contribution in [0.5, 0.6) is 0 Å². The lowest BCUT2D eigenvalue weighted by molar-refractivity contribution is -0.135. The number of halogens is 2. The highest BCUT2D eigenvalue weighted by molar-refractivity contribution is 5.78.